The summed E-state index contributed by atoms with van der Waals surface area (Å²) < 4.78 is 2.44. The third kappa shape index (κ3) is 6.52. The van der Waals surface area contributed by atoms with E-state index in [0.29, 0.717) is 0 Å². The molecule has 0 N–H and O–H groups in total. The summed E-state index contributed by atoms with van der Waals surface area (Å²) in [6.45, 7) is 0. The summed E-state index contributed by atoms with van der Waals surface area (Å²) in [5, 5.41) is 7.43. The molecule has 0 bridgehead atoms. The van der Waals surface area contributed by atoms with E-state index in [0.717, 1.165) is 28.3 Å². The third-order valence-electron chi connectivity index (χ3n) is 12.8. The van der Waals surface area contributed by atoms with Gasteiger partial charge >= 0.3 is 0 Å². The van der Waals surface area contributed by atoms with Gasteiger partial charge in [0.2, 0.25) is 0 Å². The van der Waals surface area contributed by atoms with Crippen LogP contribution in [0.1, 0.15) is 0 Å². The molecular weight excluding hydrogens is 773 g/mol. The zero-order valence-electron chi connectivity index (χ0n) is 35.1. The lowest BCUT2D eigenvalue weighted by Crippen LogP contribution is -2.10. The van der Waals surface area contributed by atoms with Gasteiger partial charge in [-0.05, 0) is 121 Å². The smallest absolute Gasteiger partial charge is 0.0541 e. The van der Waals surface area contributed by atoms with Gasteiger partial charge < -0.3 is 9.47 Å². The van der Waals surface area contributed by atoms with E-state index in [1.54, 1.807) is 0 Å². The lowest BCUT2D eigenvalue weighted by Gasteiger charge is -2.27. The van der Waals surface area contributed by atoms with Crippen molar-refractivity contribution in [3.63, 3.8) is 0 Å². The van der Waals surface area contributed by atoms with Gasteiger partial charge in [0, 0.05) is 33.4 Å². The SMILES string of the molecule is c1ccc(-c2ccc(N(c3ccc(-c4cccc5ccccc45)cc3)c3ccc(-c4ccccc4-n4c5ccccc5c5ccccc54)c(-c4ccc5ccccc5c4)c3)cc2)cc1. The predicted octanol–water partition coefficient (Wildman–Crippen LogP) is 17.2. The Labute approximate surface area is 373 Å². The van der Waals surface area contributed by atoms with Crippen LogP contribution in [0.3, 0.4) is 0 Å². The highest BCUT2D eigenvalue weighted by molar-refractivity contribution is 6.10. The second-order valence-corrected chi connectivity index (χ2v) is 16.5. The van der Waals surface area contributed by atoms with Crippen molar-refractivity contribution in [1.82, 2.24) is 4.57 Å². The Balaban J connectivity index is 1.06. The molecule has 0 saturated heterocycles. The number of hydrogen-bond donors (Lipinski definition) is 0. The molecular formula is C62H42N2. The molecule has 64 heavy (non-hydrogen) atoms. The minimum atomic E-state index is 1.08. The van der Waals surface area contributed by atoms with Crippen LogP contribution in [-0.4, -0.2) is 4.57 Å². The first kappa shape index (κ1) is 37.3. The molecule has 0 aliphatic heterocycles. The zero-order valence-corrected chi connectivity index (χ0v) is 35.1. The topological polar surface area (TPSA) is 8.17 Å². The highest BCUT2D eigenvalue weighted by Gasteiger charge is 2.21. The van der Waals surface area contributed by atoms with Gasteiger partial charge in [-0.1, -0.05) is 194 Å². The number of aromatic nitrogens is 1. The molecule has 300 valence electrons. The van der Waals surface area contributed by atoms with Gasteiger partial charge in [0.1, 0.15) is 0 Å². The van der Waals surface area contributed by atoms with Crippen molar-refractivity contribution in [3.05, 3.63) is 255 Å². The monoisotopic (exact) mass is 814 g/mol. The quantitative estimate of drug-likeness (QED) is 0.148. The molecule has 2 nitrogen and oxygen atoms in total. The Morgan fingerprint density at radius 2 is 0.766 bits per heavy atom. The number of benzene rings is 11. The fourth-order valence-electron chi connectivity index (χ4n) is 9.73. The minimum absolute atomic E-state index is 1.08. The summed E-state index contributed by atoms with van der Waals surface area (Å²) in [6.07, 6.45) is 0. The van der Waals surface area contributed by atoms with E-state index in [1.807, 2.05) is 0 Å². The summed E-state index contributed by atoms with van der Waals surface area (Å²) in [6, 6.07) is 92.8. The molecule has 0 fully saturated rings. The molecule has 0 unspecified atom stereocenters. The molecule has 2 heteroatoms. The van der Waals surface area contributed by atoms with Crippen molar-refractivity contribution in [2.45, 2.75) is 0 Å². The van der Waals surface area contributed by atoms with Crippen LogP contribution < -0.4 is 4.90 Å². The van der Waals surface area contributed by atoms with Crippen molar-refractivity contribution in [2.24, 2.45) is 0 Å². The molecule has 0 atom stereocenters. The molecule has 12 aromatic rings. The van der Waals surface area contributed by atoms with Crippen LogP contribution in [0.4, 0.5) is 17.1 Å². The molecule has 1 aromatic heterocycles. The van der Waals surface area contributed by atoms with E-state index >= 15 is 0 Å². The van der Waals surface area contributed by atoms with Gasteiger partial charge in [0.15, 0.2) is 0 Å². The molecule has 0 saturated carbocycles. The van der Waals surface area contributed by atoms with E-state index in [1.165, 1.54) is 82.3 Å². The fourth-order valence-corrected chi connectivity index (χ4v) is 9.73. The highest BCUT2D eigenvalue weighted by atomic mass is 15.1. The fraction of sp³-hybridized carbons (Fsp3) is 0. The normalized spacial score (nSPS) is 11.4. The lowest BCUT2D eigenvalue weighted by molar-refractivity contribution is 1.18. The number of hydrogen-bond acceptors (Lipinski definition) is 1. The molecule has 0 aliphatic carbocycles. The summed E-state index contributed by atoms with van der Waals surface area (Å²) in [4.78, 5) is 2.40. The van der Waals surface area contributed by atoms with Crippen LogP contribution in [0.2, 0.25) is 0 Å². The second-order valence-electron chi connectivity index (χ2n) is 16.5. The molecule has 12 rings (SSSR count). The van der Waals surface area contributed by atoms with Crippen molar-refractivity contribution < 1.29 is 0 Å². The van der Waals surface area contributed by atoms with Crippen LogP contribution in [-0.2, 0) is 0 Å². The van der Waals surface area contributed by atoms with E-state index in [9.17, 15) is 0 Å². The Bertz CT molecular complexity index is 3600. The van der Waals surface area contributed by atoms with E-state index in [4.69, 9.17) is 0 Å². The molecule has 0 spiro atoms. The van der Waals surface area contributed by atoms with Gasteiger partial charge in [0.05, 0.1) is 16.7 Å². The Morgan fingerprint density at radius 3 is 1.50 bits per heavy atom. The average molecular weight is 815 g/mol. The van der Waals surface area contributed by atoms with Crippen LogP contribution in [0, 0.1) is 0 Å². The van der Waals surface area contributed by atoms with Crippen molar-refractivity contribution in [1.29, 1.82) is 0 Å². The number of nitrogens with zero attached hydrogens (tertiary/aromatic N) is 2. The molecule has 11 aromatic carbocycles. The molecule has 0 aliphatic rings. The maximum atomic E-state index is 2.44. The molecule has 1 heterocycles. The van der Waals surface area contributed by atoms with Gasteiger partial charge in [-0.2, -0.15) is 0 Å². The summed E-state index contributed by atoms with van der Waals surface area (Å²) in [5.41, 5.74) is 16.2. The lowest BCUT2D eigenvalue weighted by atomic mass is 9.91. The van der Waals surface area contributed by atoms with Crippen molar-refractivity contribution >= 4 is 60.4 Å². The standard InChI is InChI=1S/C62H42N2/c1-2-15-43(16-3-1)45-31-35-50(36-32-45)63(51-37-33-47(34-38-51)54-25-14-20-46-18-6-7-21-53(46)54)52-39-40-55(59(42-52)49-30-29-44-17-4-5-19-48(44)41-49)56-22-8-11-26-60(56)64-61-27-12-9-23-57(61)58-24-10-13-28-62(58)64/h1-42H. The van der Waals surface area contributed by atoms with Crippen LogP contribution in [0.5, 0.6) is 0 Å². The minimum Gasteiger partial charge on any atom is -0.310 e. The van der Waals surface area contributed by atoms with Gasteiger partial charge in [-0.3, -0.25) is 0 Å². The van der Waals surface area contributed by atoms with Gasteiger partial charge in [-0.25, -0.2) is 0 Å². The van der Waals surface area contributed by atoms with Crippen LogP contribution in [0.15, 0.2) is 255 Å². The average Bonchev–Trinajstić information content (AvgIpc) is 3.71. The van der Waals surface area contributed by atoms with E-state index in [2.05, 4.69) is 264 Å². The molecule has 0 amide bonds. The van der Waals surface area contributed by atoms with E-state index < -0.39 is 0 Å². The summed E-state index contributed by atoms with van der Waals surface area (Å²) in [7, 11) is 0. The zero-order chi connectivity index (χ0) is 42.4. The van der Waals surface area contributed by atoms with E-state index in [-0.39, 0.29) is 0 Å². The van der Waals surface area contributed by atoms with Crippen molar-refractivity contribution in [2.75, 3.05) is 4.90 Å². The summed E-state index contributed by atoms with van der Waals surface area (Å²) in [5.74, 6) is 0. The van der Waals surface area contributed by atoms with Crippen LogP contribution >= 0.6 is 0 Å². The first-order valence-corrected chi connectivity index (χ1v) is 22.0. The Hall–Kier alpha value is -8.46. The van der Waals surface area contributed by atoms with Gasteiger partial charge in [0.25, 0.3) is 0 Å². The third-order valence-corrected chi connectivity index (χ3v) is 12.8. The van der Waals surface area contributed by atoms with Crippen LogP contribution in [0.25, 0.3) is 93.5 Å². The number of rotatable bonds is 8. The Morgan fingerprint density at radius 1 is 0.250 bits per heavy atom. The maximum absolute atomic E-state index is 2.44. The Kier molecular flexibility index (Phi) is 9.20. The number of fused-ring (bicyclic) bond motifs is 5. The molecule has 0 radical (unpaired) electrons. The first-order valence-electron chi connectivity index (χ1n) is 22.0. The highest BCUT2D eigenvalue weighted by Crippen LogP contribution is 2.45. The number of para-hydroxylation sites is 3. The first-order chi connectivity index (χ1) is 31.7. The summed E-state index contributed by atoms with van der Waals surface area (Å²) >= 11 is 0. The van der Waals surface area contributed by atoms with Crippen molar-refractivity contribution in [3.8, 4) is 50.2 Å². The maximum Gasteiger partial charge on any atom is 0.0541 e. The second kappa shape index (κ2) is 15.8. The largest absolute Gasteiger partial charge is 0.310 e. The predicted molar refractivity (Wildman–Crippen MR) is 272 cm³/mol. The number of anilines is 3. The van der Waals surface area contributed by atoms with Gasteiger partial charge in [-0.15, -0.1) is 0 Å².